The first-order chi connectivity index (χ1) is 8.26. The van der Waals surface area contributed by atoms with Gasteiger partial charge in [-0.1, -0.05) is 13.0 Å². The van der Waals surface area contributed by atoms with E-state index in [0.29, 0.717) is 0 Å². The van der Waals surface area contributed by atoms with Gasteiger partial charge in [-0.25, -0.2) is 0 Å². The minimum absolute atomic E-state index is 0.929. The number of thioether (sulfide) groups is 1. The first-order valence-electron chi connectivity index (χ1n) is 5.66. The normalized spacial score (nSPS) is 11.0. The van der Waals surface area contributed by atoms with Crippen LogP contribution in [0.5, 0.6) is 0 Å². The summed E-state index contributed by atoms with van der Waals surface area (Å²) in [5.41, 5.74) is 2.45. The van der Waals surface area contributed by atoms with Crippen molar-refractivity contribution in [2.75, 3.05) is 0 Å². The van der Waals surface area contributed by atoms with Gasteiger partial charge in [0.1, 0.15) is 0 Å². The largest absolute Gasteiger partial charge is 0.268 e. The standard InChI is InChI=1S/C12H15BrN2S2/c1-3-9-12(13)10(15(4-2)14-9)8-17-11-6-5-7-16-11/h5-7H,3-4,8H2,1-2H3. The molecule has 0 fully saturated rings. The number of aromatic nitrogens is 2. The van der Waals surface area contributed by atoms with E-state index < -0.39 is 0 Å². The van der Waals surface area contributed by atoms with E-state index in [1.165, 1.54) is 14.4 Å². The van der Waals surface area contributed by atoms with E-state index in [9.17, 15) is 0 Å². The molecule has 2 nitrogen and oxygen atoms in total. The van der Waals surface area contributed by atoms with Crippen molar-refractivity contribution in [3.8, 4) is 0 Å². The molecule has 0 spiro atoms. The molecule has 0 unspecified atom stereocenters. The van der Waals surface area contributed by atoms with Crippen LogP contribution < -0.4 is 0 Å². The quantitative estimate of drug-likeness (QED) is 0.746. The van der Waals surface area contributed by atoms with Crippen molar-refractivity contribution in [1.29, 1.82) is 0 Å². The second-order valence-electron chi connectivity index (χ2n) is 3.60. The molecule has 92 valence electrons. The molecule has 2 rings (SSSR count). The highest BCUT2D eigenvalue weighted by atomic mass is 79.9. The van der Waals surface area contributed by atoms with Gasteiger partial charge in [-0.3, -0.25) is 4.68 Å². The summed E-state index contributed by atoms with van der Waals surface area (Å²) < 4.78 is 4.65. The lowest BCUT2D eigenvalue weighted by Crippen LogP contribution is -2.01. The Labute approximate surface area is 119 Å². The van der Waals surface area contributed by atoms with E-state index >= 15 is 0 Å². The predicted octanol–water partition coefficient (Wildman–Crippen LogP) is 4.58. The van der Waals surface area contributed by atoms with Crippen molar-refractivity contribution in [1.82, 2.24) is 9.78 Å². The van der Waals surface area contributed by atoms with Gasteiger partial charge in [0, 0.05) is 12.3 Å². The molecule has 0 saturated carbocycles. The van der Waals surface area contributed by atoms with E-state index in [2.05, 4.69) is 57.1 Å². The Hall–Kier alpha value is -0.260. The molecule has 0 saturated heterocycles. The summed E-state index contributed by atoms with van der Waals surface area (Å²) in [6.45, 7) is 5.21. The van der Waals surface area contributed by atoms with E-state index in [1.54, 1.807) is 11.3 Å². The maximum Gasteiger partial charge on any atom is 0.0767 e. The van der Waals surface area contributed by atoms with Crippen molar-refractivity contribution in [2.45, 2.75) is 36.8 Å². The molecule has 2 aromatic heterocycles. The molecule has 2 heterocycles. The molecule has 0 aliphatic carbocycles. The predicted molar refractivity (Wildman–Crippen MR) is 78.9 cm³/mol. The molecular weight excluding hydrogens is 316 g/mol. The summed E-state index contributed by atoms with van der Waals surface area (Å²) in [5, 5.41) is 6.72. The van der Waals surface area contributed by atoms with Crippen molar-refractivity contribution in [3.63, 3.8) is 0 Å². The van der Waals surface area contributed by atoms with E-state index in [4.69, 9.17) is 0 Å². The third-order valence-electron chi connectivity index (χ3n) is 2.54. The summed E-state index contributed by atoms with van der Waals surface area (Å²) in [4.78, 5) is 0. The first kappa shape index (κ1) is 13.2. The monoisotopic (exact) mass is 330 g/mol. The van der Waals surface area contributed by atoms with E-state index in [0.717, 1.165) is 24.4 Å². The fourth-order valence-electron chi connectivity index (χ4n) is 1.64. The van der Waals surface area contributed by atoms with Gasteiger partial charge in [0.05, 0.1) is 20.1 Å². The highest BCUT2D eigenvalue weighted by Crippen LogP contribution is 2.31. The average Bonchev–Trinajstić information content (AvgIpc) is 2.94. The smallest absolute Gasteiger partial charge is 0.0767 e. The number of hydrogen-bond acceptors (Lipinski definition) is 3. The van der Waals surface area contributed by atoms with Crippen LogP contribution in [-0.4, -0.2) is 9.78 Å². The lowest BCUT2D eigenvalue weighted by molar-refractivity contribution is 0.627. The highest BCUT2D eigenvalue weighted by molar-refractivity contribution is 9.10. The van der Waals surface area contributed by atoms with Crippen LogP contribution in [0.2, 0.25) is 0 Å². The van der Waals surface area contributed by atoms with Crippen LogP contribution in [0.3, 0.4) is 0 Å². The molecule has 5 heteroatoms. The maximum absolute atomic E-state index is 4.61. The second kappa shape index (κ2) is 6.07. The summed E-state index contributed by atoms with van der Waals surface area (Å²) in [7, 11) is 0. The molecular formula is C12H15BrN2S2. The van der Waals surface area contributed by atoms with Crippen LogP contribution in [0.15, 0.2) is 26.2 Å². The van der Waals surface area contributed by atoms with Crippen molar-refractivity contribution < 1.29 is 0 Å². The molecule has 0 amide bonds. The zero-order chi connectivity index (χ0) is 12.3. The van der Waals surface area contributed by atoms with E-state index in [1.807, 2.05) is 11.8 Å². The summed E-state index contributed by atoms with van der Waals surface area (Å²) in [6, 6.07) is 4.26. The zero-order valence-electron chi connectivity index (χ0n) is 9.94. The van der Waals surface area contributed by atoms with Crippen LogP contribution in [0.25, 0.3) is 0 Å². The molecule has 0 N–H and O–H groups in total. The van der Waals surface area contributed by atoms with Crippen LogP contribution in [0, 0.1) is 0 Å². The molecule has 0 bridgehead atoms. The van der Waals surface area contributed by atoms with Gasteiger partial charge in [0.2, 0.25) is 0 Å². The molecule has 0 aliphatic heterocycles. The fraction of sp³-hybridized carbons (Fsp3) is 0.417. The first-order valence-corrected chi connectivity index (χ1v) is 8.32. The number of rotatable bonds is 5. The second-order valence-corrected chi connectivity index (χ2v) is 6.61. The summed E-state index contributed by atoms with van der Waals surface area (Å²) >= 11 is 7.34. The van der Waals surface area contributed by atoms with Crippen LogP contribution in [0.1, 0.15) is 25.2 Å². The Morgan fingerprint density at radius 2 is 2.29 bits per heavy atom. The Morgan fingerprint density at radius 1 is 1.47 bits per heavy atom. The minimum Gasteiger partial charge on any atom is -0.268 e. The van der Waals surface area contributed by atoms with Crippen LogP contribution >= 0.6 is 39.0 Å². The Morgan fingerprint density at radius 3 is 2.88 bits per heavy atom. The number of thiophene rings is 1. The van der Waals surface area contributed by atoms with E-state index in [-0.39, 0.29) is 0 Å². The summed E-state index contributed by atoms with van der Waals surface area (Å²) in [6.07, 6.45) is 0.976. The Kier molecular flexibility index (Phi) is 4.70. The number of aryl methyl sites for hydroxylation is 2. The Balaban J connectivity index is 2.16. The van der Waals surface area contributed by atoms with Crippen molar-refractivity contribution in [2.24, 2.45) is 0 Å². The molecule has 0 atom stereocenters. The van der Waals surface area contributed by atoms with Gasteiger partial charge < -0.3 is 0 Å². The van der Waals surface area contributed by atoms with Gasteiger partial charge in [-0.2, -0.15) is 5.10 Å². The third kappa shape index (κ3) is 2.95. The molecule has 0 aromatic carbocycles. The van der Waals surface area contributed by atoms with Gasteiger partial charge in [0.15, 0.2) is 0 Å². The van der Waals surface area contributed by atoms with Crippen molar-refractivity contribution in [3.05, 3.63) is 33.4 Å². The third-order valence-corrected chi connectivity index (χ3v) is 5.60. The van der Waals surface area contributed by atoms with Gasteiger partial charge >= 0.3 is 0 Å². The number of halogens is 1. The summed E-state index contributed by atoms with van der Waals surface area (Å²) in [5.74, 6) is 0.974. The number of nitrogens with zero attached hydrogens (tertiary/aromatic N) is 2. The Bertz CT molecular complexity index is 477. The maximum atomic E-state index is 4.61. The SMILES string of the molecule is CCc1nn(CC)c(CSc2cccs2)c1Br. The molecule has 17 heavy (non-hydrogen) atoms. The molecule has 0 aliphatic rings. The van der Waals surface area contributed by atoms with Crippen molar-refractivity contribution >= 4 is 39.0 Å². The number of hydrogen-bond donors (Lipinski definition) is 0. The fourth-order valence-corrected chi connectivity index (χ4v) is 4.34. The minimum atomic E-state index is 0.929. The lowest BCUT2D eigenvalue weighted by Gasteiger charge is -2.04. The molecule has 0 radical (unpaired) electrons. The highest BCUT2D eigenvalue weighted by Gasteiger charge is 2.13. The average molecular weight is 331 g/mol. The van der Waals surface area contributed by atoms with Gasteiger partial charge in [0.25, 0.3) is 0 Å². The topological polar surface area (TPSA) is 17.8 Å². The lowest BCUT2D eigenvalue weighted by atomic mass is 10.3. The van der Waals surface area contributed by atoms with Crippen LogP contribution in [0.4, 0.5) is 0 Å². The van der Waals surface area contributed by atoms with Gasteiger partial charge in [-0.05, 0) is 40.7 Å². The van der Waals surface area contributed by atoms with Gasteiger partial charge in [-0.15, -0.1) is 23.1 Å². The zero-order valence-corrected chi connectivity index (χ0v) is 13.2. The molecule has 2 aromatic rings. The van der Waals surface area contributed by atoms with Crippen LogP contribution in [-0.2, 0) is 18.7 Å².